The molecule has 3 heteroatoms. The van der Waals surface area contributed by atoms with Gasteiger partial charge in [0.25, 0.3) is 0 Å². The lowest BCUT2D eigenvalue weighted by molar-refractivity contribution is -0.138. The van der Waals surface area contributed by atoms with Gasteiger partial charge in [0.1, 0.15) is 0 Å². The van der Waals surface area contributed by atoms with Gasteiger partial charge in [0, 0.05) is 5.02 Å². The Kier molecular flexibility index (Phi) is 5.01. The van der Waals surface area contributed by atoms with Crippen molar-refractivity contribution >= 4 is 17.6 Å². The van der Waals surface area contributed by atoms with Crippen molar-refractivity contribution < 1.29 is 9.90 Å². The minimum atomic E-state index is -0.823. The lowest BCUT2D eigenvalue weighted by Gasteiger charge is -2.16. The molecular formula is C14H19ClO2. The number of benzene rings is 1. The highest BCUT2D eigenvalue weighted by molar-refractivity contribution is 6.31. The third kappa shape index (κ3) is 3.22. The fourth-order valence-electron chi connectivity index (χ4n) is 2.01. The molecule has 1 atom stereocenters. The normalized spacial score (nSPS) is 12.8. The number of carbonyl (C=O) groups is 1. The van der Waals surface area contributed by atoms with Crippen LogP contribution in [0.4, 0.5) is 0 Å². The zero-order chi connectivity index (χ0) is 13.0. The Bertz CT molecular complexity index is 397. The van der Waals surface area contributed by atoms with Gasteiger partial charge in [-0.3, -0.25) is 4.79 Å². The van der Waals surface area contributed by atoms with Crippen molar-refractivity contribution in [1.29, 1.82) is 0 Å². The Morgan fingerprint density at radius 1 is 1.35 bits per heavy atom. The van der Waals surface area contributed by atoms with Gasteiger partial charge < -0.3 is 5.11 Å². The van der Waals surface area contributed by atoms with E-state index in [0.717, 1.165) is 24.0 Å². The molecule has 0 bridgehead atoms. The molecule has 1 N–H and O–H groups in total. The van der Waals surface area contributed by atoms with E-state index in [-0.39, 0.29) is 0 Å². The van der Waals surface area contributed by atoms with Gasteiger partial charge in [-0.1, -0.05) is 37.6 Å². The smallest absolute Gasteiger partial charge is 0.310 e. The van der Waals surface area contributed by atoms with Gasteiger partial charge in [0.05, 0.1) is 5.92 Å². The summed E-state index contributed by atoms with van der Waals surface area (Å²) in [4.78, 5) is 10.9. The molecule has 1 unspecified atom stereocenters. The third-order valence-corrected chi connectivity index (χ3v) is 3.65. The summed E-state index contributed by atoms with van der Waals surface area (Å²) >= 11 is 6.24. The topological polar surface area (TPSA) is 37.3 Å². The second kappa shape index (κ2) is 6.06. The van der Waals surface area contributed by atoms with Crippen LogP contribution in [-0.4, -0.2) is 11.1 Å². The summed E-state index contributed by atoms with van der Waals surface area (Å²) in [5.74, 6) is -0.878. The summed E-state index contributed by atoms with van der Waals surface area (Å²) in [6.07, 6.45) is 2.09. The number of rotatable bonds is 5. The fourth-order valence-corrected chi connectivity index (χ4v) is 2.36. The maximum atomic E-state index is 10.9. The summed E-state index contributed by atoms with van der Waals surface area (Å²) < 4.78 is 0. The molecule has 17 heavy (non-hydrogen) atoms. The second-order valence-electron chi connectivity index (χ2n) is 4.35. The zero-order valence-corrected chi connectivity index (χ0v) is 11.3. The first-order valence-corrected chi connectivity index (χ1v) is 6.41. The van der Waals surface area contributed by atoms with Gasteiger partial charge in [0.2, 0.25) is 0 Å². The van der Waals surface area contributed by atoms with Gasteiger partial charge in [-0.25, -0.2) is 0 Å². The van der Waals surface area contributed by atoms with Crippen molar-refractivity contribution in [3.63, 3.8) is 0 Å². The molecule has 0 aromatic heterocycles. The Morgan fingerprint density at radius 2 is 1.94 bits per heavy atom. The Hall–Kier alpha value is -1.02. The van der Waals surface area contributed by atoms with Crippen molar-refractivity contribution in [2.75, 3.05) is 0 Å². The molecule has 1 aromatic rings. The van der Waals surface area contributed by atoms with Crippen molar-refractivity contribution in [1.82, 2.24) is 0 Å². The van der Waals surface area contributed by atoms with E-state index in [2.05, 4.69) is 13.8 Å². The molecule has 2 nitrogen and oxygen atoms in total. The van der Waals surface area contributed by atoms with Gasteiger partial charge >= 0.3 is 5.97 Å². The lowest BCUT2D eigenvalue weighted by Crippen LogP contribution is -2.08. The standard InChI is InChI=1S/C14H19ClO2/c1-4-10(5-2)12-7-6-11(8-13(12)15)9(3)14(16)17/h6-10H,4-5H2,1-3H3,(H,16,17). The highest BCUT2D eigenvalue weighted by Crippen LogP contribution is 2.31. The Balaban J connectivity index is 3.05. The van der Waals surface area contributed by atoms with Crippen LogP contribution in [0.2, 0.25) is 5.02 Å². The molecule has 0 aliphatic heterocycles. The van der Waals surface area contributed by atoms with E-state index in [1.165, 1.54) is 0 Å². The number of hydrogen-bond acceptors (Lipinski definition) is 1. The molecule has 1 aromatic carbocycles. The van der Waals surface area contributed by atoms with Crippen molar-refractivity contribution in [2.45, 2.75) is 45.4 Å². The molecule has 0 aliphatic rings. The van der Waals surface area contributed by atoms with Gasteiger partial charge in [-0.2, -0.15) is 0 Å². The van der Waals surface area contributed by atoms with Gasteiger partial charge in [-0.15, -0.1) is 0 Å². The summed E-state index contributed by atoms with van der Waals surface area (Å²) in [5, 5.41) is 9.64. The van der Waals surface area contributed by atoms with Gasteiger partial charge in [0.15, 0.2) is 0 Å². The number of halogens is 1. The third-order valence-electron chi connectivity index (χ3n) is 3.32. The summed E-state index contributed by atoms with van der Waals surface area (Å²) in [7, 11) is 0. The van der Waals surface area contributed by atoms with Crippen molar-refractivity contribution in [3.8, 4) is 0 Å². The van der Waals surface area contributed by atoms with E-state index >= 15 is 0 Å². The zero-order valence-electron chi connectivity index (χ0n) is 10.5. The summed E-state index contributed by atoms with van der Waals surface area (Å²) in [6.45, 7) is 5.95. The van der Waals surface area contributed by atoms with Crippen LogP contribution in [0.1, 0.15) is 56.6 Å². The maximum absolute atomic E-state index is 10.9. The summed E-state index contributed by atoms with van der Waals surface area (Å²) in [5.41, 5.74) is 1.88. The molecular weight excluding hydrogens is 236 g/mol. The molecule has 1 rings (SSSR count). The molecule has 0 amide bonds. The average Bonchev–Trinajstić information content (AvgIpc) is 2.31. The number of carboxylic acid groups (broad SMARTS) is 1. The maximum Gasteiger partial charge on any atom is 0.310 e. The lowest BCUT2D eigenvalue weighted by atomic mass is 9.91. The predicted octanol–water partition coefficient (Wildman–Crippen LogP) is 4.43. The van der Waals surface area contributed by atoms with Crippen LogP contribution < -0.4 is 0 Å². The van der Waals surface area contributed by atoms with E-state index < -0.39 is 11.9 Å². The van der Waals surface area contributed by atoms with Crippen LogP contribution in [-0.2, 0) is 4.79 Å². The first kappa shape index (κ1) is 14.0. The monoisotopic (exact) mass is 254 g/mol. The van der Waals surface area contributed by atoms with Crippen LogP contribution in [0.5, 0.6) is 0 Å². The molecule has 0 fully saturated rings. The second-order valence-corrected chi connectivity index (χ2v) is 4.76. The largest absolute Gasteiger partial charge is 0.481 e. The first-order chi connectivity index (χ1) is 8.01. The van der Waals surface area contributed by atoms with Crippen LogP contribution in [0.25, 0.3) is 0 Å². The van der Waals surface area contributed by atoms with E-state index in [9.17, 15) is 4.79 Å². The number of hydrogen-bond donors (Lipinski definition) is 1. The fraction of sp³-hybridized carbons (Fsp3) is 0.500. The number of carboxylic acids is 1. The molecule has 0 saturated heterocycles. The SMILES string of the molecule is CCC(CC)c1ccc(C(C)C(=O)O)cc1Cl. The Morgan fingerprint density at radius 3 is 2.35 bits per heavy atom. The quantitative estimate of drug-likeness (QED) is 0.844. The van der Waals surface area contributed by atoms with E-state index in [1.807, 2.05) is 12.1 Å². The van der Waals surface area contributed by atoms with Crippen LogP contribution in [0.3, 0.4) is 0 Å². The summed E-state index contributed by atoms with van der Waals surface area (Å²) in [6, 6.07) is 5.63. The van der Waals surface area contributed by atoms with Crippen molar-refractivity contribution in [3.05, 3.63) is 34.3 Å². The average molecular weight is 255 g/mol. The molecule has 0 radical (unpaired) electrons. The highest BCUT2D eigenvalue weighted by atomic mass is 35.5. The Labute approximate surface area is 108 Å². The van der Waals surface area contributed by atoms with Crippen LogP contribution in [0, 0.1) is 0 Å². The predicted molar refractivity (Wildman–Crippen MR) is 70.8 cm³/mol. The minimum absolute atomic E-state index is 0.455. The van der Waals surface area contributed by atoms with Crippen molar-refractivity contribution in [2.24, 2.45) is 0 Å². The number of aliphatic carboxylic acids is 1. The molecule has 0 saturated carbocycles. The highest BCUT2D eigenvalue weighted by Gasteiger charge is 2.17. The molecule has 0 spiro atoms. The molecule has 0 aliphatic carbocycles. The van der Waals surface area contributed by atoms with E-state index in [4.69, 9.17) is 16.7 Å². The van der Waals surface area contributed by atoms with Crippen LogP contribution >= 0.6 is 11.6 Å². The van der Waals surface area contributed by atoms with E-state index in [0.29, 0.717) is 10.9 Å². The van der Waals surface area contributed by atoms with E-state index in [1.54, 1.807) is 13.0 Å². The minimum Gasteiger partial charge on any atom is -0.481 e. The van der Waals surface area contributed by atoms with Crippen LogP contribution in [0.15, 0.2) is 18.2 Å². The van der Waals surface area contributed by atoms with Gasteiger partial charge in [-0.05, 0) is 42.9 Å². The molecule has 0 heterocycles. The first-order valence-electron chi connectivity index (χ1n) is 6.03. The molecule has 94 valence electrons.